The second-order valence-electron chi connectivity index (χ2n) is 4.73. The molecule has 0 aromatic carbocycles. The van der Waals surface area contributed by atoms with E-state index >= 15 is 0 Å². The fourth-order valence-corrected chi connectivity index (χ4v) is 1.66. The molecule has 1 N–H and O–H groups in total. The van der Waals surface area contributed by atoms with Crippen LogP contribution in [0.2, 0.25) is 0 Å². The number of ether oxygens (including phenoxy) is 1. The maximum atomic E-state index is 12.2. The number of amides is 1. The Kier molecular flexibility index (Phi) is 12.6. The van der Waals surface area contributed by atoms with Crippen LogP contribution in [0.1, 0.15) is 26.2 Å². The maximum Gasteiger partial charge on any atom is 0.266 e. The van der Waals surface area contributed by atoms with Gasteiger partial charge in [-0.1, -0.05) is 25.5 Å². The topological polar surface area (TPSA) is 65.4 Å². The second-order valence-corrected chi connectivity index (χ2v) is 4.73. The van der Waals surface area contributed by atoms with Gasteiger partial charge >= 0.3 is 0 Å². The molecule has 0 aliphatic rings. The molecule has 0 aliphatic carbocycles. The number of nitriles is 1. The van der Waals surface area contributed by atoms with Gasteiger partial charge in [-0.2, -0.15) is 5.26 Å². The number of hydrogen-bond donors (Lipinski definition) is 1. The van der Waals surface area contributed by atoms with E-state index in [1.165, 1.54) is 11.1 Å². The van der Waals surface area contributed by atoms with E-state index in [0.717, 1.165) is 25.9 Å². The van der Waals surface area contributed by atoms with Gasteiger partial charge in [-0.25, -0.2) is 0 Å². The molecule has 122 valence electrons. The van der Waals surface area contributed by atoms with E-state index in [4.69, 9.17) is 10.00 Å². The predicted molar refractivity (Wildman–Crippen MR) is 89.0 cm³/mol. The monoisotopic (exact) mass is 305 g/mol. The largest absolute Gasteiger partial charge is 0.390 e. The van der Waals surface area contributed by atoms with Crippen LogP contribution in [0, 0.1) is 11.3 Å². The number of nitrogens with zero attached hydrogens (tertiary/aromatic N) is 2. The first-order chi connectivity index (χ1) is 10.7. The summed E-state index contributed by atoms with van der Waals surface area (Å²) in [6.07, 6.45) is 7.74. The number of nitrogens with one attached hydrogen (secondary N) is 1. The Morgan fingerprint density at radius 2 is 1.91 bits per heavy atom. The predicted octanol–water partition coefficient (Wildman–Crippen LogP) is 2.39. The summed E-state index contributed by atoms with van der Waals surface area (Å²) in [5, 5.41) is 12.1. The first-order valence-electron chi connectivity index (χ1n) is 7.63. The van der Waals surface area contributed by atoms with Gasteiger partial charge in [0, 0.05) is 39.0 Å². The van der Waals surface area contributed by atoms with Gasteiger partial charge in [0.05, 0.1) is 0 Å². The summed E-state index contributed by atoms with van der Waals surface area (Å²) in [6.45, 7) is 12.2. The van der Waals surface area contributed by atoms with Gasteiger partial charge in [-0.15, -0.1) is 13.2 Å². The Labute approximate surface area is 133 Å². The van der Waals surface area contributed by atoms with Crippen molar-refractivity contribution in [2.75, 3.05) is 32.8 Å². The van der Waals surface area contributed by atoms with Gasteiger partial charge < -0.3 is 15.0 Å². The standard InChI is InChI=1S/C17H27N3O2/c1-4-7-12-22-13-8-9-19-15-16(14-18)17(21)20(10-5-2)11-6-3/h5-6,15,19H,2-4,7-13H2,1H3/b16-15-. The van der Waals surface area contributed by atoms with Crippen LogP contribution in [0.15, 0.2) is 37.1 Å². The molecule has 0 heterocycles. The zero-order valence-electron chi connectivity index (χ0n) is 13.5. The molecule has 5 nitrogen and oxygen atoms in total. The molecule has 0 aromatic rings. The molecule has 0 rings (SSSR count). The van der Waals surface area contributed by atoms with Crippen molar-refractivity contribution in [3.05, 3.63) is 37.1 Å². The number of carbonyl (C=O) groups is 1. The van der Waals surface area contributed by atoms with Crippen molar-refractivity contribution in [2.24, 2.45) is 0 Å². The molecular weight excluding hydrogens is 278 g/mol. The highest BCUT2D eigenvalue weighted by Crippen LogP contribution is 2.01. The van der Waals surface area contributed by atoms with Crippen molar-refractivity contribution in [3.8, 4) is 6.07 Å². The molecule has 1 amide bonds. The summed E-state index contributed by atoms with van der Waals surface area (Å²) in [5.41, 5.74) is 0.0793. The molecule has 0 unspecified atom stereocenters. The Morgan fingerprint density at radius 3 is 2.45 bits per heavy atom. The van der Waals surface area contributed by atoms with E-state index < -0.39 is 0 Å². The van der Waals surface area contributed by atoms with Crippen LogP contribution in [-0.4, -0.2) is 43.7 Å². The molecule has 0 aliphatic heterocycles. The van der Waals surface area contributed by atoms with Crippen LogP contribution in [0.3, 0.4) is 0 Å². The van der Waals surface area contributed by atoms with Crippen LogP contribution in [0.4, 0.5) is 0 Å². The van der Waals surface area contributed by atoms with Crippen molar-refractivity contribution in [1.82, 2.24) is 10.2 Å². The van der Waals surface area contributed by atoms with E-state index in [1.54, 1.807) is 12.2 Å². The van der Waals surface area contributed by atoms with E-state index in [1.807, 2.05) is 6.07 Å². The van der Waals surface area contributed by atoms with Crippen LogP contribution in [0.5, 0.6) is 0 Å². The minimum absolute atomic E-state index is 0.0793. The molecular formula is C17H27N3O2. The maximum absolute atomic E-state index is 12.2. The Balaban J connectivity index is 4.20. The SMILES string of the molecule is C=CCN(CC=C)C(=O)/C(C#N)=C\NCCCOCCCC. The van der Waals surface area contributed by atoms with Crippen LogP contribution >= 0.6 is 0 Å². The van der Waals surface area contributed by atoms with Crippen molar-refractivity contribution in [2.45, 2.75) is 26.2 Å². The van der Waals surface area contributed by atoms with Crippen molar-refractivity contribution in [1.29, 1.82) is 5.26 Å². The lowest BCUT2D eigenvalue weighted by Crippen LogP contribution is -2.32. The summed E-state index contributed by atoms with van der Waals surface area (Å²) in [6, 6.07) is 1.93. The second kappa shape index (κ2) is 13.9. The van der Waals surface area contributed by atoms with Gasteiger partial charge in [-0.05, 0) is 12.8 Å². The van der Waals surface area contributed by atoms with E-state index in [0.29, 0.717) is 26.2 Å². The minimum Gasteiger partial charge on any atom is -0.390 e. The zero-order valence-corrected chi connectivity index (χ0v) is 13.5. The average Bonchev–Trinajstić information content (AvgIpc) is 2.53. The minimum atomic E-state index is -0.325. The third kappa shape index (κ3) is 8.98. The third-order valence-corrected chi connectivity index (χ3v) is 2.84. The molecule has 0 radical (unpaired) electrons. The summed E-state index contributed by atoms with van der Waals surface area (Å²) in [4.78, 5) is 13.7. The fraction of sp³-hybridized carbons (Fsp3) is 0.529. The molecule has 0 bridgehead atoms. The Hall–Kier alpha value is -2.06. The molecule has 0 saturated carbocycles. The quantitative estimate of drug-likeness (QED) is 0.246. The van der Waals surface area contributed by atoms with E-state index in [2.05, 4.69) is 25.4 Å². The first-order valence-corrected chi connectivity index (χ1v) is 7.63. The molecule has 0 aromatic heterocycles. The summed E-state index contributed by atoms with van der Waals surface area (Å²) in [7, 11) is 0. The van der Waals surface area contributed by atoms with Gasteiger partial charge in [-0.3, -0.25) is 4.79 Å². The lowest BCUT2D eigenvalue weighted by Gasteiger charge is -2.18. The summed E-state index contributed by atoms with van der Waals surface area (Å²) >= 11 is 0. The summed E-state index contributed by atoms with van der Waals surface area (Å²) < 4.78 is 5.43. The molecule has 5 heteroatoms. The smallest absolute Gasteiger partial charge is 0.266 e. The highest BCUT2D eigenvalue weighted by atomic mass is 16.5. The van der Waals surface area contributed by atoms with Gasteiger partial charge in [0.15, 0.2) is 0 Å². The first kappa shape index (κ1) is 19.9. The Bertz CT molecular complexity index is 401. The molecule has 0 spiro atoms. The lowest BCUT2D eigenvalue weighted by molar-refractivity contribution is -0.125. The Morgan fingerprint density at radius 1 is 1.27 bits per heavy atom. The molecule has 0 fully saturated rings. The lowest BCUT2D eigenvalue weighted by atomic mass is 10.2. The molecule has 22 heavy (non-hydrogen) atoms. The zero-order chi connectivity index (χ0) is 16.6. The number of carbonyl (C=O) groups excluding carboxylic acids is 1. The van der Waals surface area contributed by atoms with Crippen molar-refractivity contribution < 1.29 is 9.53 Å². The van der Waals surface area contributed by atoms with Crippen molar-refractivity contribution >= 4 is 5.91 Å². The molecule has 0 atom stereocenters. The highest BCUT2D eigenvalue weighted by molar-refractivity contribution is 5.97. The fourth-order valence-electron chi connectivity index (χ4n) is 1.66. The van der Waals surface area contributed by atoms with Gasteiger partial charge in [0.1, 0.15) is 11.6 Å². The van der Waals surface area contributed by atoms with Crippen LogP contribution < -0.4 is 5.32 Å². The van der Waals surface area contributed by atoms with Crippen LogP contribution in [0.25, 0.3) is 0 Å². The normalized spacial score (nSPS) is 10.6. The van der Waals surface area contributed by atoms with Crippen LogP contribution in [-0.2, 0) is 9.53 Å². The third-order valence-electron chi connectivity index (χ3n) is 2.84. The number of unbranched alkanes of at least 4 members (excludes halogenated alkanes) is 1. The average molecular weight is 305 g/mol. The molecule has 0 saturated heterocycles. The number of hydrogen-bond acceptors (Lipinski definition) is 4. The van der Waals surface area contributed by atoms with E-state index in [-0.39, 0.29) is 11.5 Å². The van der Waals surface area contributed by atoms with Gasteiger partial charge in [0.25, 0.3) is 5.91 Å². The van der Waals surface area contributed by atoms with Crippen molar-refractivity contribution in [3.63, 3.8) is 0 Å². The van der Waals surface area contributed by atoms with Gasteiger partial charge in [0.2, 0.25) is 0 Å². The summed E-state index contributed by atoms with van der Waals surface area (Å²) in [5.74, 6) is -0.325. The number of rotatable bonds is 13. The van der Waals surface area contributed by atoms with E-state index in [9.17, 15) is 4.79 Å². The highest BCUT2D eigenvalue weighted by Gasteiger charge is 2.15.